The van der Waals surface area contributed by atoms with Crippen molar-refractivity contribution >= 4 is 5.91 Å². The average Bonchev–Trinajstić information content (AvgIpc) is 2.43. The van der Waals surface area contributed by atoms with E-state index in [1.165, 1.54) is 12.1 Å². The monoisotopic (exact) mass is 306 g/mol. The van der Waals surface area contributed by atoms with E-state index in [2.05, 4.69) is 15.0 Å². The molecular weight excluding hydrogens is 289 g/mol. The number of hydrogen-bond donors (Lipinski definition) is 2. The number of carbonyl (C=O) groups excluding carboxylic acids is 1. The van der Waals surface area contributed by atoms with Crippen LogP contribution in [-0.4, -0.2) is 41.4 Å². The van der Waals surface area contributed by atoms with Gasteiger partial charge in [-0.1, -0.05) is 6.92 Å². The number of pyridine rings is 1. The zero-order valence-electron chi connectivity index (χ0n) is 11.6. The topological polar surface area (TPSA) is 71.5 Å². The van der Waals surface area contributed by atoms with Crippen LogP contribution in [0.5, 0.6) is 5.88 Å². The lowest BCUT2D eigenvalue weighted by Crippen LogP contribution is -2.38. The number of alkyl halides is 3. The van der Waals surface area contributed by atoms with Gasteiger partial charge in [0.25, 0.3) is 5.91 Å². The molecule has 0 radical (unpaired) electrons. The smallest absolute Gasteiger partial charge is 0.422 e. The normalized spacial score (nSPS) is 14.4. The van der Waals surface area contributed by atoms with Crippen LogP contribution in [0.2, 0.25) is 0 Å². The number of nitrogens with one attached hydrogen (secondary N) is 1. The highest BCUT2D eigenvalue weighted by atomic mass is 19.4. The van der Waals surface area contributed by atoms with E-state index < -0.39 is 18.7 Å². The third-order valence-corrected chi connectivity index (χ3v) is 2.88. The molecule has 8 heteroatoms. The fraction of sp³-hybridized carbons (Fsp3) is 0.538. The van der Waals surface area contributed by atoms with E-state index >= 15 is 0 Å². The molecule has 1 aromatic rings. The van der Waals surface area contributed by atoms with Crippen LogP contribution in [0.4, 0.5) is 13.2 Å². The molecule has 0 saturated heterocycles. The van der Waals surface area contributed by atoms with Crippen LogP contribution in [0, 0.1) is 5.92 Å². The summed E-state index contributed by atoms with van der Waals surface area (Å²) in [5.74, 6) is -0.741. The standard InChI is InChI=1S/C13H17F3N2O3/c1-8(6-19)9(2)18-12(20)10-3-4-11(17-5-10)21-7-13(14,15)16/h3-5,8-9,19H,6-7H2,1-2H3,(H,18,20). The molecule has 1 rings (SSSR count). The first-order valence-corrected chi connectivity index (χ1v) is 6.30. The summed E-state index contributed by atoms with van der Waals surface area (Å²) in [7, 11) is 0. The third kappa shape index (κ3) is 5.99. The van der Waals surface area contributed by atoms with Gasteiger partial charge in [-0.15, -0.1) is 0 Å². The van der Waals surface area contributed by atoms with Gasteiger partial charge in [0.1, 0.15) is 0 Å². The second-order valence-electron chi connectivity index (χ2n) is 4.71. The number of aromatic nitrogens is 1. The van der Waals surface area contributed by atoms with Crippen molar-refractivity contribution < 1.29 is 27.8 Å². The van der Waals surface area contributed by atoms with Gasteiger partial charge in [-0.3, -0.25) is 4.79 Å². The molecule has 21 heavy (non-hydrogen) atoms. The highest BCUT2D eigenvalue weighted by Gasteiger charge is 2.28. The quantitative estimate of drug-likeness (QED) is 0.840. The van der Waals surface area contributed by atoms with Crippen molar-refractivity contribution in [3.8, 4) is 5.88 Å². The van der Waals surface area contributed by atoms with E-state index in [4.69, 9.17) is 5.11 Å². The minimum absolute atomic E-state index is 0.0656. The number of hydrogen-bond acceptors (Lipinski definition) is 4. The van der Waals surface area contributed by atoms with E-state index in [9.17, 15) is 18.0 Å². The Morgan fingerprint density at radius 2 is 2.10 bits per heavy atom. The lowest BCUT2D eigenvalue weighted by Gasteiger charge is -2.19. The SMILES string of the molecule is CC(CO)C(C)NC(=O)c1ccc(OCC(F)(F)F)nc1. The molecule has 1 amide bonds. The van der Waals surface area contributed by atoms with Crippen molar-refractivity contribution in [2.75, 3.05) is 13.2 Å². The number of halogens is 3. The lowest BCUT2D eigenvalue weighted by molar-refractivity contribution is -0.154. The van der Waals surface area contributed by atoms with Crippen molar-refractivity contribution in [3.05, 3.63) is 23.9 Å². The molecule has 0 aliphatic rings. The summed E-state index contributed by atoms with van der Waals surface area (Å²) in [4.78, 5) is 15.5. The zero-order valence-corrected chi connectivity index (χ0v) is 11.6. The summed E-state index contributed by atoms with van der Waals surface area (Å²) in [6.45, 7) is 2.02. The van der Waals surface area contributed by atoms with E-state index in [1.807, 2.05) is 0 Å². The Morgan fingerprint density at radius 1 is 1.43 bits per heavy atom. The largest absolute Gasteiger partial charge is 0.468 e. The van der Waals surface area contributed by atoms with Crippen LogP contribution in [0.15, 0.2) is 18.3 Å². The summed E-state index contributed by atoms with van der Waals surface area (Å²) in [5.41, 5.74) is 0.200. The zero-order chi connectivity index (χ0) is 16.0. The second-order valence-corrected chi connectivity index (χ2v) is 4.71. The molecule has 0 fully saturated rings. The Balaban J connectivity index is 2.59. The molecule has 0 spiro atoms. The highest BCUT2D eigenvalue weighted by Crippen LogP contribution is 2.17. The van der Waals surface area contributed by atoms with Crippen LogP contribution >= 0.6 is 0 Å². The van der Waals surface area contributed by atoms with E-state index in [1.54, 1.807) is 13.8 Å². The molecule has 0 aliphatic carbocycles. The molecular formula is C13H17F3N2O3. The van der Waals surface area contributed by atoms with Crippen LogP contribution in [0.25, 0.3) is 0 Å². The number of carbonyl (C=O) groups is 1. The number of nitrogens with zero attached hydrogens (tertiary/aromatic N) is 1. The van der Waals surface area contributed by atoms with Gasteiger partial charge in [0, 0.05) is 24.9 Å². The third-order valence-electron chi connectivity index (χ3n) is 2.88. The predicted octanol–water partition coefficient (Wildman–Crippen LogP) is 1.77. The second kappa shape index (κ2) is 7.26. The summed E-state index contributed by atoms with van der Waals surface area (Å²) in [6.07, 6.45) is -3.30. The summed E-state index contributed by atoms with van der Waals surface area (Å²) < 4.78 is 40.3. The molecule has 0 aromatic carbocycles. The molecule has 0 saturated carbocycles. The lowest BCUT2D eigenvalue weighted by atomic mass is 10.0. The van der Waals surface area contributed by atoms with Gasteiger partial charge in [0.2, 0.25) is 5.88 Å². The first-order valence-electron chi connectivity index (χ1n) is 6.30. The maximum Gasteiger partial charge on any atom is 0.422 e. The molecule has 1 heterocycles. The van der Waals surface area contributed by atoms with Crippen molar-refractivity contribution in [2.24, 2.45) is 5.92 Å². The highest BCUT2D eigenvalue weighted by molar-refractivity contribution is 5.94. The minimum atomic E-state index is -4.44. The summed E-state index contributed by atoms with van der Waals surface area (Å²) in [5, 5.41) is 11.6. The Bertz CT molecular complexity index is 463. The summed E-state index contributed by atoms with van der Waals surface area (Å²) in [6, 6.07) is 2.27. The average molecular weight is 306 g/mol. The molecule has 5 nitrogen and oxygen atoms in total. The molecule has 1 aromatic heterocycles. The van der Waals surface area contributed by atoms with Crippen molar-refractivity contribution in [2.45, 2.75) is 26.1 Å². The fourth-order valence-electron chi connectivity index (χ4n) is 1.35. The number of aliphatic hydroxyl groups is 1. The Labute approximate surface area is 120 Å². The molecule has 2 atom stereocenters. The van der Waals surface area contributed by atoms with Gasteiger partial charge in [-0.2, -0.15) is 13.2 Å². The molecule has 2 unspecified atom stereocenters. The summed E-state index contributed by atoms with van der Waals surface area (Å²) >= 11 is 0. The number of ether oxygens (including phenoxy) is 1. The first-order chi connectivity index (χ1) is 9.73. The minimum Gasteiger partial charge on any atom is -0.468 e. The van der Waals surface area contributed by atoms with Crippen molar-refractivity contribution in [1.82, 2.24) is 10.3 Å². The Kier molecular flexibility index (Phi) is 5.95. The molecule has 0 aliphatic heterocycles. The van der Waals surface area contributed by atoms with Gasteiger partial charge in [-0.25, -0.2) is 4.98 Å². The molecule has 118 valence electrons. The maximum atomic E-state index is 12.0. The maximum absolute atomic E-state index is 12.0. The van der Waals surface area contributed by atoms with Crippen LogP contribution in [0.1, 0.15) is 24.2 Å². The van der Waals surface area contributed by atoms with Crippen molar-refractivity contribution in [3.63, 3.8) is 0 Å². The van der Waals surface area contributed by atoms with Gasteiger partial charge in [-0.05, 0) is 18.9 Å². The van der Waals surface area contributed by atoms with Crippen LogP contribution < -0.4 is 10.1 Å². The number of rotatable bonds is 6. The number of amides is 1. The van der Waals surface area contributed by atoms with Crippen LogP contribution in [0.3, 0.4) is 0 Å². The number of aliphatic hydroxyl groups excluding tert-OH is 1. The van der Waals surface area contributed by atoms with E-state index in [0.29, 0.717) is 0 Å². The fourth-order valence-corrected chi connectivity index (χ4v) is 1.35. The molecule has 2 N–H and O–H groups in total. The van der Waals surface area contributed by atoms with Crippen molar-refractivity contribution in [1.29, 1.82) is 0 Å². The molecule has 0 bridgehead atoms. The van der Waals surface area contributed by atoms with E-state index in [0.717, 1.165) is 6.20 Å². The van der Waals surface area contributed by atoms with E-state index in [-0.39, 0.29) is 30.0 Å². The van der Waals surface area contributed by atoms with Crippen LogP contribution in [-0.2, 0) is 0 Å². The Hall–Kier alpha value is -1.83. The van der Waals surface area contributed by atoms with Gasteiger partial charge in [0.15, 0.2) is 6.61 Å². The van der Waals surface area contributed by atoms with Gasteiger partial charge < -0.3 is 15.2 Å². The first kappa shape index (κ1) is 17.2. The van der Waals surface area contributed by atoms with Gasteiger partial charge >= 0.3 is 6.18 Å². The van der Waals surface area contributed by atoms with Gasteiger partial charge in [0.05, 0.1) is 5.56 Å². The Morgan fingerprint density at radius 3 is 2.57 bits per heavy atom. The predicted molar refractivity (Wildman–Crippen MR) is 69.0 cm³/mol.